The number of pyridine rings is 1. The molecule has 0 N–H and O–H groups in total. The largest absolute Gasteiger partial charge is 0.456 e. The van der Waals surface area contributed by atoms with Crippen molar-refractivity contribution in [3.8, 4) is 17.1 Å². The third kappa shape index (κ3) is 3.24. The number of hydrogen-bond donors (Lipinski definition) is 0. The fourth-order valence-corrected chi connectivity index (χ4v) is 8.49. The second kappa shape index (κ2) is 8.84. The predicted molar refractivity (Wildman–Crippen MR) is 191 cm³/mol. The van der Waals surface area contributed by atoms with Crippen LogP contribution in [0.3, 0.4) is 0 Å². The van der Waals surface area contributed by atoms with Crippen LogP contribution in [0.25, 0.3) is 103 Å². The summed E-state index contributed by atoms with van der Waals surface area (Å²) in [6, 6.07) is 46.9. The number of fused-ring (bicyclic) bond motifs is 12. The van der Waals surface area contributed by atoms with E-state index in [1.807, 2.05) is 23.5 Å². The molecule has 0 bridgehead atoms. The molecular weight excluding hydrogens is 585 g/mol. The third-order valence-corrected chi connectivity index (χ3v) is 10.5. The van der Waals surface area contributed by atoms with Crippen LogP contribution in [0.5, 0.6) is 0 Å². The molecular formula is C41H22N2O2S. The van der Waals surface area contributed by atoms with Crippen LogP contribution in [-0.4, -0.2) is 9.55 Å². The van der Waals surface area contributed by atoms with E-state index < -0.39 is 0 Å². The number of furan rings is 2. The molecule has 0 atom stereocenters. The normalized spacial score (nSPS) is 12.3. The monoisotopic (exact) mass is 606 g/mol. The molecule has 11 aromatic rings. The van der Waals surface area contributed by atoms with E-state index in [-0.39, 0.29) is 0 Å². The van der Waals surface area contributed by atoms with Crippen molar-refractivity contribution in [3.05, 3.63) is 133 Å². The Bertz CT molecular complexity index is 2990. The highest BCUT2D eigenvalue weighted by molar-refractivity contribution is 7.25. The highest BCUT2D eigenvalue weighted by atomic mass is 32.1. The summed E-state index contributed by atoms with van der Waals surface area (Å²) in [7, 11) is 0. The molecule has 0 amide bonds. The maximum Gasteiger partial charge on any atom is 0.142 e. The van der Waals surface area contributed by atoms with Crippen molar-refractivity contribution >= 4 is 97.2 Å². The fourth-order valence-electron chi connectivity index (χ4n) is 7.37. The molecule has 0 aliphatic rings. The summed E-state index contributed by atoms with van der Waals surface area (Å²) >= 11 is 1.82. The minimum atomic E-state index is 0.816. The van der Waals surface area contributed by atoms with Gasteiger partial charge in [-0.25, -0.2) is 4.98 Å². The molecule has 6 aromatic carbocycles. The Kier molecular flexibility index (Phi) is 4.69. The smallest absolute Gasteiger partial charge is 0.142 e. The molecule has 5 heteroatoms. The lowest BCUT2D eigenvalue weighted by Crippen LogP contribution is -1.99. The van der Waals surface area contributed by atoms with Crippen LogP contribution in [0, 0.1) is 0 Å². The molecule has 5 heterocycles. The molecule has 0 radical (unpaired) electrons. The van der Waals surface area contributed by atoms with E-state index in [2.05, 4.69) is 126 Å². The molecule has 0 saturated heterocycles. The van der Waals surface area contributed by atoms with E-state index >= 15 is 0 Å². The summed E-state index contributed by atoms with van der Waals surface area (Å²) < 4.78 is 17.8. The zero-order valence-electron chi connectivity index (χ0n) is 24.3. The van der Waals surface area contributed by atoms with Crippen molar-refractivity contribution in [1.82, 2.24) is 9.55 Å². The number of benzene rings is 6. The first kappa shape index (κ1) is 24.4. The van der Waals surface area contributed by atoms with E-state index in [1.165, 1.54) is 30.9 Å². The van der Waals surface area contributed by atoms with Crippen molar-refractivity contribution in [2.24, 2.45) is 0 Å². The van der Waals surface area contributed by atoms with Gasteiger partial charge in [0.2, 0.25) is 0 Å². The van der Waals surface area contributed by atoms with Crippen LogP contribution in [0.4, 0.5) is 0 Å². The van der Waals surface area contributed by atoms with Crippen LogP contribution < -0.4 is 0 Å². The molecule has 214 valence electrons. The Labute approximate surface area is 265 Å². The van der Waals surface area contributed by atoms with Gasteiger partial charge in [0.25, 0.3) is 0 Å². The van der Waals surface area contributed by atoms with Gasteiger partial charge in [-0.2, -0.15) is 0 Å². The van der Waals surface area contributed by atoms with Gasteiger partial charge in [0.1, 0.15) is 28.1 Å². The second-order valence-corrected chi connectivity index (χ2v) is 13.0. The van der Waals surface area contributed by atoms with Crippen molar-refractivity contribution in [2.75, 3.05) is 0 Å². The van der Waals surface area contributed by atoms with Gasteiger partial charge in [0, 0.05) is 58.7 Å². The Balaban J connectivity index is 1.28. The van der Waals surface area contributed by atoms with Crippen molar-refractivity contribution < 1.29 is 8.83 Å². The second-order valence-electron chi connectivity index (χ2n) is 11.9. The highest BCUT2D eigenvalue weighted by Crippen LogP contribution is 2.44. The van der Waals surface area contributed by atoms with Gasteiger partial charge in [0.05, 0.1) is 22.1 Å². The zero-order valence-corrected chi connectivity index (χ0v) is 25.1. The lowest BCUT2D eigenvalue weighted by molar-refractivity contribution is 0.668. The molecule has 4 nitrogen and oxygen atoms in total. The summed E-state index contributed by atoms with van der Waals surface area (Å²) in [6.45, 7) is 0. The maximum atomic E-state index is 6.78. The minimum absolute atomic E-state index is 0.816. The average Bonchev–Trinajstić information content (AvgIpc) is 3.85. The van der Waals surface area contributed by atoms with E-state index in [4.69, 9.17) is 13.8 Å². The van der Waals surface area contributed by atoms with Gasteiger partial charge in [-0.1, -0.05) is 72.8 Å². The SMILES string of the molecule is c1ccc2c(c1)oc1ccc(-c3nc(-n4c5ccccc5c5ccccc54)cc4oc5cc6c(cc5c34)sc3ccccc36)cc12. The van der Waals surface area contributed by atoms with Crippen LogP contribution in [0.2, 0.25) is 0 Å². The van der Waals surface area contributed by atoms with Crippen LogP contribution in [0.1, 0.15) is 0 Å². The van der Waals surface area contributed by atoms with E-state index in [1.54, 1.807) is 0 Å². The number of rotatable bonds is 2. The van der Waals surface area contributed by atoms with Gasteiger partial charge in [-0.3, -0.25) is 4.57 Å². The Morgan fingerprint density at radius 2 is 1.13 bits per heavy atom. The number of thiophene rings is 1. The molecule has 0 saturated carbocycles. The molecule has 0 fully saturated rings. The number of aromatic nitrogens is 2. The van der Waals surface area contributed by atoms with Crippen molar-refractivity contribution in [2.45, 2.75) is 0 Å². The Hall–Kier alpha value is -5.91. The Morgan fingerprint density at radius 1 is 0.457 bits per heavy atom. The summed E-state index contributed by atoms with van der Waals surface area (Å²) in [5, 5.41) is 9.13. The molecule has 0 aliphatic heterocycles. The van der Waals surface area contributed by atoms with Crippen LogP contribution >= 0.6 is 11.3 Å². The van der Waals surface area contributed by atoms with Gasteiger partial charge in [-0.05, 0) is 54.6 Å². The van der Waals surface area contributed by atoms with Gasteiger partial charge >= 0.3 is 0 Å². The summed E-state index contributed by atoms with van der Waals surface area (Å²) in [5.74, 6) is 0.823. The maximum absolute atomic E-state index is 6.78. The quantitative estimate of drug-likeness (QED) is 0.197. The molecule has 5 aromatic heterocycles. The third-order valence-electron chi connectivity index (χ3n) is 9.40. The lowest BCUT2D eigenvalue weighted by atomic mass is 10.0. The van der Waals surface area contributed by atoms with Gasteiger partial charge in [-0.15, -0.1) is 11.3 Å². The lowest BCUT2D eigenvalue weighted by Gasteiger charge is -2.11. The van der Waals surface area contributed by atoms with E-state index in [0.717, 1.165) is 72.0 Å². The molecule has 0 unspecified atom stereocenters. The van der Waals surface area contributed by atoms with Crippen molar-refractivity contribution in [1.29, 1.82) is 0 Å². The van der Waals surface area contributed by atoms with Gasteiger partial charge < -0.3 is 8.83 Å². The molecule has 0 aliphatic carbocycles. The van der Waals surface area contributed by atoms with Crippen molar-refractivity contribution in [3.63, 3.8) is 0 Å². The number of hydrogen-bond acceptors (Lipinski definition) is 4. The first-order chi connectivity index (χ1) is 22.8. The van der Waals surface area contributed by atoms with Gasteiger partial charge in [0.15, 0.2) is 0 Å². The van der Waals surface area contributed by atoms with E-state index in [9.17, 15) is 0 Å². The zero-order chi connectivity index (χ0) is 29.9. The fraction of sp³-hybridized carbons (Fsp3) is 0. The minimum Gasteiger partial charge on any atom is -0.456 e. The molecule has 11 rings (SSSR count). The van der Waals surface area contributed by atoms with E-state index in [0.29, 0.717) is 0 Å². The van der Waals surface area contributed by atoms with Crippen LogP contribution in [0.15, 0.2) is 142 Å². The highest BCUT2D eigenvalue weighted by Gasteiger charge is 2.21. The Morgan fingerprint density at radius 3 is 1.96 bits per heavy atom. The predicted octanol–water partition coefficient (Wildman–Crippen LogP) is 12.0. The molecule has 46 heavy (non-hydrogen) atoms. The average molecular weight is 607 g/mol. The molecule has 0 spiro atoms. The first-order valence-electron chi connectivity index (χ1n) is 15.4. The number of para-hydroxylation sites is 3. The number of nitrogens with zero attached hydrogens (tertiary/aromatic N) is 2. The standard InChI is InChI=1S/C41H22N2O2S/c1-5-13-31-24(9-1)25-10-2-6-14-32(25)43(31)39-22-36-40(30-21-38-29(20-35(30)45-36)27-12-4-8-16-37(27)46-38)41(42-39)23-17-18-34-28(19-23)26-11-3-7-15-33(26)44-34/h1-22H. The summed E-state index contributed by atoms with van der Waals surface area (Å²) in [6.07, 6.45) is 0. The summed E-state index contributed by atoms with van der Waals surface area (Å²) in [4.78, 5) is 5.51. The first-order valence-corrected chi connectivity index (χ1v) is 16.2. The van der Waals surface area contributed by atoms with Crippen LogP contribution in [-0.2, 0) is 0 Å². The summed E-state index contributed by atoms with van der Waals surface area (Å²) in [5.41, 5.74) is 7.56. The topological polar surface area (TPSA) is 44.1 Å².